The highest BCUT2D eigenvalue weighted by molar-refractivity contribution is 5.85. The number of nitrogens with one attached hydrogen (secondary N) is 2. The van der Waals surface area contributed by atoms with Crippen molar-refractivity contribution in [1.29, 1.82) is 0 Å². The van der Waals surface area contributed by atoms with Crippen LogP contribution in [0.1, 0.15) is 51.7 Å². The molecule has 4 N–H and O–H groups in total. The third kappa shape index (κ3) is 5.67. The molecule has 6 aromatic rings. The second-order valence-electron chi connectivity index (χ2n) is 11.9. The number of amides is 2. The quantitative estimate of drug-likeness (QED) is 0.135. The fraction of sp³-hybridized carbons (Fsp3) is 0.200. The molecule has 0 bridgehead atoms. The summed E-state index contributed by atoms with van der Waals surface area (Å²) < 4.78 is 41.8. The van der Waals surface area contributed by atoms with Crippen molar-refractivity contribution in [2.24, 2.45) is 11.8 Å². The zero-order valence-corrected chi connectivity index (χ0v) is 25.1. The molecule has 0 unspecified atom stereocenters. The monoisotopic (exact) mass is 654 g/mol. The Bertz CT molecular complexity index is 2100. The Morgan fingerprint density at radius 3 is 1.85 bits per heavy atom. The minimum Gasteiger partial charge on any atom is -0.306 e. The lowest BCUT2D eigenvalue weighted by atomic mass is 10.1. The number of rotatable bonds is 6. The number of alkyl halides is 3. The smallest absolute Gasteiger partial charge is 0.306 e. The van der Waals surface area contributed by atoms with Gasteiger partial charge in [0.15, 0.2) is 5.69 Å². The molecule has 4 aromatic heterocycles. The fourth-order valence-electron chi connectivity index (χ4n) is 6.93. The Hall–Kier alpha value is -5.53. The van der Waals surface area contributed by atoms with E-state index >= 15 is 0 Å². The van der Waals surface area contributed by atoms with Crippen LogP contribution in [0.15, 0.2) is 116 Å². The molecule has 6 atom stereocenters. The summed E-state index contributed by atoms with van der Waals surface area (Å²) in [6, 6.07) is 28.3. The van der Waals surface area contributed by atoms with Crippen LogP contribution in [0, 0.1) is 11.8 Å². The summed E-state index contributed by atoms with van der Waals surface area (Å²) in [6.07, 6.45) is 1.68. The third-order valence-corrected chi connectivity index (χ3v) is 9.18. The SMILES string of the molecule is O=C(NO)[C@@H]1[C@H](c2ccccc2)[C@H]1c1ccn2cc(C(F)(F)F)nc2c1.O=C(NO)[C@@H]1[C@H](c2ccccc2)[C@H]1c1cnc2ccccn12. The molecule has 2 fully saturated rings. The molecule has 2 aromatic carbocycles. The van der Waals surface area contributed by atoms with Crippen molar-refractivity contribution in [3.8, 4) is 0 Å². The normalized spacial score (nSPS) is 22.9. The number of hydrogen-bond acceptors (Lipinski definition) is 6. The molecule has 0 saturated heterocycles. The van der Waals surface area contributed by atoms with Gasteiger partial charge in [0.25, 0.3) is 0 Å². The van der Waals surface area contributed by atoms with Crippen LogP contribution < -0.4 is 11.0 Å². The fourth-order valence-corrected chi connectivity index (χ4v) is 6.93. The molecule has 4 heterocycles. The maximum absolute atomic E-state index is 12.8. The second kappa shape index (κ2) is 12.2. The molecule has 8 rings (SSSR count). The molecule has 0 radical (unpaired) electrons. The number of hydrogen-bond donors (Lipinski definition) is 4. The van der Waals surface area contributed by atoms with E-state index in [9.17, 15) is 22.8 Å². The lowest BCUT2D eigenvalue weighted by Crippen LogP contribution is -2.21. The number of carbonyl (C=O) groups is 2. The van der Waals surface area contributed by atoms with E-state index < -0.39 is 23.7 Å². The maximum atomic E-state index is 12.8. The van der Waals surface area contributed by atoms with Gasteiger partial charge in [-0.1, -0.05) is 66.7 Å². The lowest BCUT2D eigenvalue weighted by molar-refractivity contribution is -0.140. The largest absolute Gasteiger partial charge is 0.434 e. The molecule has 13 heteroatoms. The van der Waals surface area contributed by atoms with Crippen LogP contribution in [0.25, 0.3) is 11.3 Å². The molecule has 0 aliphatic heterocycles. The molecular weight excluding hydrogens is 625 g/mol. The van der Waals surface area contributed by atoms with E-state index in [4.69, 9.17) is 10.4 Å². The zero-order valence-electron chi connectivity index (χ0n) is 25.1. The summed E-state index contributed by atoms with van der Waals surface area (Å²) in [5.74, 6) is -1.91. The van der Waals surface area contributed by atoms with Crippen molar-refractivity contribution in [1.82, 2.24) is 29.7 Å². The van der Waals surface area contributed by atoms with Crippen molar-refractivity contribution in [3.63, 3.8) is 0 Å². The number of aromatic nitrogens is 4. The Morgan fingerprint density at radius 2 is 1.25 bits per heavy atom. The first-order valence-electron chi connectivity index (χ1n) is 15.2. The highest BCUT2D eigenvalue weighted by atomic mass is 19.4. The van der Waals surface area contributed by atoms with Gasteiger partial charge in [-0.2, -0.15) is 13.2 Å². The zero-order chi connectivity index (χ0) is 33.6. The molecule has 0 spiro atoms. The standard InChI is InChI=1S/C18H14F3N3O2.C17H15N3O2/c19-18(20,21)12-9-24-7-6-11(8-13(24)22-12)15-14(16(15)17(25)23-26)10-4-2-1-3-5-10;21-17(19-22)16-14(11-6-2-1-3-7-11)15(16)12-10-18-13-8-4-5-9-20(12)13/h1-9,14-16,26H,(H,23,25);1-10,14-16,22H,(H,19,21)/t2*14-,15-,16-/m11/s1. The van der Waals surface area contributed by atoms with Gasteiger partial charge in [-0.3, -0.25) is 20.0 Å². The summed E-state index contributed by atoms with van der Waals surface area (Å²) in [6.45, 7) is 0. The first kappa shape index (κ1) is 31.1. The first-order chi connectivity index (χ1) is 23.2. The number of pyridine rings is 2. The number of fused-ring (bicyclic) bond motifs is 2. The van der Waals surface area contributed by atoms with Gasteiger partial charge >= 0.3 is 6.18 Å². The van der Waals surface area contributed by atoms with Crippen LogP contribution in [-0.4, -0.2) is 41.0 Å². The van der Waals surface area contributed by atoms with Crippen LogP contribution in [0.3, 0.4) is 0 Å². The average molecular weight is 655 g/mol. The van der Waals surface area contributed by atoms with Crippen molar-refractivity contribution in [2.45, 2.75) is 29.8 Å². The van der Waals surface area contributed by atoms with E-state index in [1.165, 1.54) is 10.6 Å². The minimum atomic E-state index is -4.52. The Labute approximate surface area is 271 Å². The summed E-state index contributed by atoms with van der Waals surface area (Å²) in [4.78, 5) is 32.0. The highest BCUT2D eigenvalue weighted by Gasteiger charge is 2.58. The van der Waals surface area contributed by atoms with E-state index in [1.54, 1.807) is 23.1 Å². The molecule has 2 aliphatic carbocycles. The Morgan fingerprint density at radius 1 is 0.688 bits per heavy atom. The van der Waals surface area contributed by atoms with Gasteiger partial charge in [0, 0.05) is 54.2 Å². The van der Waals surface area contributed by atoms with E-state index in [1.807, 2.05) is 95.7 Å². The first-order valence-corrected chi connectivity index (χ1v) is 15.2. The molecule has 2 amide bonds. The molecule has 244 valence electrons. The third-order valence-electron chi connectivity index (χ3n) is 9.18. The molecule has 2 saturated carbocycles. The average Bonchev–Trinajstić information content (AvgIpc) is 3.93. The number of nitrogens with zero attached hydrogens (tertiary/aromatic N) is 4. The van der Waals surface area contributed by atoms with Crippen LogP contribution >= 0.6 is 0 Å². The number of hydroxylamine groups is 2. The predicted molar refractivity (Wildman–Crippen MR) is 166 cm³/mol. The summed E-state index contributed by atoms with van der Waals surface area (Å²) in [7, 11) is 0. The number of imidazole rings is 2. The van der Waals surface area contributed by atoms with Crippen LogP contribution in [-0.2, 0) is 15.8 Å². The number of halogens is 3. The Balaban J connectivity index is 0.000000154. The minimum absolute atomic E-state index is 0.0203. The van der Waals surface area contributed by atoms with Gasteiger partial charge in [-0.25, -0.2) is 20.9 Å². The maximum Gasteiger partial charge on any atom is 0.434 e. The van der Waals surface area contributed by atoms with Gasteiger partial charge in [0.2, 0.25) is 11.8 Å². The lowest BCUT2D eigenvalue weighted by Gasteiger charge is -2.02. The number of carbonyl (C=O) groups excluding carboxylic acids is 2. The molecule has 2 aliphatic rings. The van der Waals surface area contributed by atoms with Gasteiger partial charge in [-0.05, 0) is 41.0 Å². The van der Waals surface area contributed by atoms with E-state index in [0.717, 1.165) is 28.7 Å². The summed E-state index contributed by atoms with van der Waals surface area (Å²) in [5.41, 5.74) is 7.28. The molecule has 10 nitrogen and oxygen atoms in total. The van der Waals surface area contributed by atoms with Crippen molar-refractivity contribution in [3.05, 3.63) is 144 Å². The van der Waals surface area contributed by atoms with E-state index in [2.05, 4.69) is 9.97 Å². The van der Waals surface area contributed by atoms with Crippen LogP contribution in [0.5, 0.6) is 0 Å². The topological polar surface area (TPSA) is 133 Å². The van der Waals surface area contributed by atoms with Crippen molar-refractivity contribution in [2.75, 3.05) is 0 Å². The molecule has 48 heavy (non-hydrogen) atoms. The predicted octanol–water partition coefficient (Wildman–Crippen LogP) is 5.69. The van der Waals surface area contributed by atoms with Crippen LogP contribution in [0.4, 0.5) is 13.2 Å². The molecular formula is C35H29F3N6O4. The highest BCUT2D eigenvalue weighted by Crippen LogP contribution is 2.61. The van der Waals surface area contributed by atoms with E-state index in [-0.39, 0.29) is 41.1 Å². The van der Waals surface area contributed by atoms with Crippen LogP contribution in [0.2, 0.25) is 0 Å². The second-order valence-corrected chi connectivity index (χ2v) is 11.9. The van der Waals surface area contributed by atoms with E-state index in [0.29, 0.717) is 5.56 Å². The van der Waals surface area contributed by atoms with Gasteiger partial charge in [0.05, 0.1) is 11.8 Å². The van der Waals surface area contributed by atoms with Gasteiger partial charge in [-0.15, -0.1) is 0 Å². The Kier molecular flexibility index (Phi) is 7.93. The van der Waals surface area contributed by atoms with Gasteiger partial charge < -0.3 is 8.80 Å². The van der Waals surface area contributed by atoms with Gasteiger partial charge in [0.1, 0.15) is 11.3 Å². The van der Waals surface area contributed by atoms with Crippen molar-refractivity contribution < 1.29 is 33.2 Å². The summed E-state index contributed by atoms with van der Waals surface area (Å²) >= 11 is 0. The number of benzene rings is 2. The summed E-state index contributed by atoms with van der Waals surface area (Å²) in [5, 5.41) is 18.0. The van der Waals surface area contributed by atoms with Crippen molar-refractivity contribution >= 4 is 23.1 Å².